The monoisotopic (exact) mass is 398 g/mol. The molecular weight excluding hydrogens is 368 g/mol. The molecule has 0 saturated carbocycles. The van der Waals surface area contributed by atoms with Crippen molar-refractivity contribution < 1.29 is 9.90 Å². The number of likely N-dealkylation sites (tertiary alicyclic amines) is 1. The van der Waals surface area contributed by atoms with Crippen LogP contribution in [0.15, 0.2) is 24.5 Å². The summed E-state index contributed by atoms with van der Waals surface area (Å²) in [5.41, 5.74) is 1.14. The zero-order valence-electron chi connectivity index (χ0n) is 17.5. The van der Waals surface area contributed by atoms with Crippen molar-refractivity contribution >= 4 is 5.91 Å². The second kappa shape index (κ2) is 7.84. The van der Waals surface area contributed by atoms with Gasteiger partial charge in [0.05, 0.1) is 18.7 Å². The van der Waals surface area contributed by atoms with Crippen LogP contribution in [0.4, 0.5) is 0 Å². The molecule has 2 atom stereocenters. The topological polar surface area (TPSA) is 87.4 Å². The lowest BCUT2D eigenvalue weighted by atomic mass is 9.91. The van der Waals surface area contributed by atoms with Gasteiger partial charge in [-0.2, -0.15) is 0 Å². The van der Waals surface area contributed by atoms with E-state index in [4.69, 9.17) is 0 Å². The van der Waals surface area contributed by atoms with Crippen LogP contribution in [0.3, 0.4) is 0 Å². The number of aliphatic hydroxyl groups is 1. The first-order chi connectivity index (χ1) is 13.8. The van der Waals surface area contributed by atoms with Crippen LogP contribution in [0.1, 0.15) is 56.9 Å². The Bertz CT molecular complexity index is 860. The molecule has 0 spiro atoms. The Hall–Kier alpha value is -2.32. The number of β-amino-alcohol motifs (C(OH)–C–C–N with tert-alkyl or cyclic N) is 1. The van der Waals surface area contributed by atoms with E-state index in [0.29, 0.717) is 39.0 Å². The highest BCUT2D eigenvalue weighted by atomic mass is 16.3. The number of rotatable bonds is 4. The number of fused-ring (bicyclic) bond motifs is 1. The number of amides is 1. The fourth-order valence-corrected chi connectivity index (χ4v) is 4.25. The third kappa shape index (κ3) is 4.48. The zero-order valence-corrected chi connectivity index (χ0v) is 17.5. The summed E-state index contributed by atoms with van der Waals surface area (Å²) in [7, 11) is 0. The van der Waals surface area contributed by atoms with E-state index in [0.717, 1.165) is 23.8 Å². The first-order valence-electron chi connectivity index (χ1n) is 10.3. The van der Waals surface area contributed by atoms with Crippen LogP contribution in [0.25, 0.3) is 0 Å². The lowest BCUT2D eigenvalue weighted by Crippen LogP contribution is -2.40. The number of hydrogen-bond donors (Lipinski definition) is 1. The summed E-state index contributed by atoms with van der Waals surface area (Å²) in [6.45, 7) is 9.47. The van der Waals surface area contributed by atoms with E-state index in [-0.39, 0.29) is 23.5 Å². The largest absolute Gasteiger partial charge is 0.392 e. The van der Waals surface area contributed by atoms with E-state index in [2.05, 4.69) is 45.4 Å². The van der Waals surface area contributed by atoms with Crippen LogP contribution in [-0.2, 0) is 24.4 Å². The molecule has 1 fully saturated rings. The average Bonchev–Trinajstić information content (AvgIpc) is 3.23. The lowest BCUT2D eigenvalue weighted by Gasteiger charge is -2.31. The number of nitrogens with zero attached hydrogens (tertiary/aromatic N) is 6. The van der Waals surface area contributed by atoms with Crippen molar-refractivity contribution in [2.24, 2.45) is 5.41 Å². The number of hydrogen-bond acceptors (Lipinski definition) is 6. The van der Waals surface area contributed by atoms with E-state index in [9.17, 15) is 9.90 Å². The molecule has 4 rings (SSSR count). The van der Waals surface area contributed by atoms with Gasteiger partial charge in [0.25, 0.3) is 0 Å². The maximum atomic E-state index is 12.6. The molecule has 8 nitrogen and oxygen atoms in total. The van der Waals surface area contributed by atoms with Gasteiger partial charge in [-0.3, -0.25) is 14.7 Å². The molecule has 156 valence electrons. The maximum Gasteiger partial charge on any atom is 0.223 e. The average molecular weight is 399 g/mol. The molecule has 29 heavy (non-hydrogen) atoms. The van der Waals surface area contributed by atoms with Gasteiger partial charge in [-0.05, 0) is 29.5 Å². The maximum absolute atomic E-state index is 12.6. The molecule has 1 N–H and O–H groups in total. The molecule has 2 aromatic rings. The SMILES string of the molecule is CC(C)(C)CC(=O)N1CCn2c(nnc2[C@@H]2C[C@@H](O)CN2Cc2ccncc2)C1. The van der Waals surface area contributed by atoms with Gasteiger partial charge in [-0.1, -0.05) is 20.8 Å². The van der Waals surface area contributed by atoms with Crippen LogP contribution in [0.2, 0.25) is 0 Å². The molecule has 1 saturated heterocycles. The second-order valence-corrected chi connectivity index (χ2v) is 9.37. The highest BCUT2D eigenvalue weighted by molar-refractivity contribution is 5.76. The summed E-state index contributed by atoms with van der Waals surface area (Å²) in [4.78, 5) is 20.8. The molecule has 2 aliphatic heterocycles. The number of pyridine rings is 1. The normalized spacial score (nSPS) is 22.7. The minimum atomic E-state index is -0.372. The fourth-order valence-electron chi connectivity index (χ4n) is 4.25. The molecule has 2 aliphatic rings. The van der Waals surface area contributed by atoms with Gasteiger partial charge in [0.2, 0.25) is 5.91 Å². The molecule has 0 unspecified atom stereocenters. The number of aliphatic hydroxyl groups excluding tert-OH is 1. The second-order valence-electron chi connectivity index (χ2n) is 9.37. The van der Waals surface area contributed by atoms with Gasteiger partial charge in [0, 0.05) is 45.0 Å². The van der Waals surface area contributed by atoms with Crippen molar-refractivity contribution in [1.82, 2.24) is 29.5 Å². The molecule has 1 amide bonds. The Morgan fingerprint density at radius 3 is 2.69 bits per heavy atom. The van der Waals surface area contributed by atoms with Crippen LogP contribution in [0, 0.1) is 5.41 Å². The summed E-state index contributed by atoms with van der Waals surface area (Å²) >= 11 is 0. The van der Waals surface area contributed by atoms with E-state index in [1.165, 1.54) is 0 Å². The predicted octanol–water partition coefficient (Wildman–Crippen LogP) is 1.76. The van der Waals surface area contributed by atoms with Crippen molar-refractivity contribution in [1.29, 1.82) is 0 Å². The summed E-state index contributed by atoms with van der Waals surface area (Å²) in [5, 5.41) is 19.2. The van der Waals surface area contributed by atoms with Crippen molar-refractivity contribution in [2.45, 2.75) is 65.4 Å². The Labute approximate surface area is 171 Å². The standard InChI is InChI=1S/C21H30N6O2/c1-21(2,3)11-19(29)25-8-9-27-18(14-25)23-24-20(27)17-10-16(28)13-26(17)12-15-4-6-22-7-5-15/h4-7,16-17,28H,8-14H2,1-3H3/t16-,17+/m1/s1. The van der Waals surface area contributed by atoms with E-state index >= 15 is 0 Å². The fraction of sp³-hybridized carbons (Fsp3) is 0.619. The predicted molar refractivity (Wildman–Crippen MR) is 108 cm³/mol. The Morgan fingerprint density at radius 2 is 1.97 bits per heavy atom. The van der Waals surface area contributed by atoms with Crippen molar-refractivity contribution in [2.75, 3.05) is 13.1 Å². The molecular formula is C21H30N6O2. The minimum Gasteiger partial charge on any atom is -0.392 e. The smallest absolute Gasteiger partial charge is 0.223 e. The molecule has 8 heteroatoms. The lowest BCUT2D eigenvalue weighted by molar-refractivity contribution is -0.134. The highest BCUT2D eigenvalue weighted by Gasteiger charge is 2.37. The van der Waals surface area contributed by atoms with Crippen molar-refractivity contribution in [3.05, 3.63) is 41.7 Å². The first kappa shape index (κ1) is 20.0. The van der Waals surface area contributed by atoms with Gasteiger partial charge in [0.15, 0.2) is 11.6 Å². The Morgan fingerprint density at radius 1 is 1.21 bits per heavy atom. The summed E-state index contributed by atoms with van der Waals surface area (Å²) in [6.07, 6.45) is 4.39. The summed E-state index contributed by atoms with van der Waals surface area (Å²) < 4.78 is 2.14. The van der Waals surface area contributed by atoms with Crippen LogP contribution in [0.5, 0.6) is 0 Å². The highest BCUT2D eigenvalue weighted by Crippen LogP contribution is 2.33. The van der Waals surface area contributed by atoms with E-state index in [1.807, 2.05) is 17.0 Å². The molecule has 0 aliphatic carbocycles. The van der Waals surface area contributed by atoms with Gasteiger partial charge < -0.3 is 14.6 Å². The molecule has 0 radical (unpaired) electrons. The van der Waals surface area contributed by atoms with Gasteiger partial charge in [0.1, 0.15) is 0 Å². The van der Waals surface area contributed by atoms with Gasteiger partial charge >= 0.3 is 0 Å². The molecule has 4 heterocycles. The van der Waals surface area contributed by atoms with Crippen LogP contribution >= 0.6 is 0 Å². The van der Waals surface area contributed by atoms with E-state index < -0.39 is 0 Å². The Kier molecular flexibility index (Phi) is 5.40. The van der Waals surface area contributed by atoms with Gasteiger partial charge in [-0.15, -0.1) is 10.2 Å². The third-order valence-electron chi connectivity index (χ3n) is 5.63. The van der Waals surface area contributed by atoms with E-state index in [1.54, 1.807) is 12.4 Å². The molecule has 2 aromatic heterocycles. The molecule has 0 bridgehead atoms. The van der Waals surface area contributed by atoms with Gasteiger partial charge in [-0.25, -0.2) is 0 Å². The number of aromatic nitrogens is 4. The van der Waals surface area contributed by atoms with Crippen LogP contribution in [-0.4, -0.2) is 59.8 Å². The zero-order chi connectivity index (χ0) is 20.6. The number of carbonyl (C=O) groups excluding carboxylic acids is 1. The van der Waals surface area contributed by atoms with Crippen molar-refractivity contribution in [3.63, 3.8) is 0 Å². The van der Waals surface area contributed by atoms with Crippen LogP contribution < -0.4 is 0 Å². The summed E-state index contributed by atoms with van der Waals surface area (Å²) in [5.74, 6) is 1.90. The minimum absolute atomic E-state index is 0.0243. The third-order valence-corrected chi connectivity index (χ3v) is 5.63. The quantitative estimate of drug-likeness (QED) is 0.844. The number of carbonyl (C=O) groups is 1. The van der Waals surface area contributed by atoms with Crippen molar-refractivity contribution in [3.8, 4) is 0 Å². The Balaban J connectivity index is 1.50. The molecule has 0 aromatic carbocycles. The summed E-state index contributed by atoms with van der Waals surface area (Å²) in [6, 6.07) is 4.02. The first-order valence-corrected chi connectivity index (χ1v) is 10.3.